The summed E-state index contributed by atoms with van der Waals surface area (Å²) in [5.74, 6) is -0.430. The molecule has 2 aliphatic rings. The first kappa shape index (κ1) is 18.4. The number of pyridine rings is 1. The Morgan fingerprint density at radius 2 is 1.89 bits per heavy atom. The molecule has 6 nitrogen and oxygen atoms in total. The summed E-state index contributed by atoms with van der Waals surface area (Å²) in [7, 11) is 0. The van der Waals surface area contributed by atoms with Gasteiger partial charge in [0.1, 0.15) is 5.70 Å². The first-order chi connectivity index (χ1) is 13.7. The second kappa shape index (κ2) is 7.94. The van der Waals surface area contributed by atoms with Crippen LogP contribution >= 0.6 is 0 Å². The molecule has 2 aromatic rings. The van der Waals surface area contributed by atoms with Crippen molar-refractivity contribution in [2.24, 2.45) is 5.92 Å². The minimum atomic E-state index is -0.277. The first-order valence-electron chi connectivity index (χ1n) is 9.59. The van der Waals surface area contributed by atoms with Crippen molar-refractivity contribution in [2.75, 3.05) is 19.7 Å². The van der Waals surface area contributed by atoms with E-state index in [-0.39, 0.29) is 30.9 Å². The van der Waals surface area contributed by atoms with Gasteiger partial charge in [0, 0.05) is 32.1 Å². The van der Waals surface area contributed by atoms with Crippen LogP contribution in [0.3, 0.4) is 0 Å². The average Bonchev–Trinajstić information content (AvgIpc) is 3.00. The molecule has 28 heavy (non-hydrogen) atoms. The van der Waals surface area contributed by atoms with Gasteiger partial charge in [-0.15, -0.1) is 0 Å². The van der Waals surface area contributed by atoms with Crippen LogP contribution in [0, 0.1) is 5.92 Å². The molecule has 1 atom stereocenters. The van der Waals surface area contributed by atoms with Crippen LogP contribution in [0.25, 0.3) is 5.57 Å². The Hall–Kier alpha value is -2.99. The zero-order chi connectivity index (χ0) is 19.5. The van der Waals surface area contributed by atoms with E-state index in [4.69, 9.17) is 0 Å². The number of aliphatic hydroxyl groups is 1. The maximum atomic E-state index is 13.3. The summed E-state index contributed by atoms with van der Waals surface area (Å²) >= 11 is 0. The smallest absolute Gasteiger partial charge is 0.278 e. The Balaban J connectivity index is 1.72. The number of imide groups is 1. The topological polar surface area (TPSA) is 73.7 Å². The van der Waals surface area contributed by atoms with E-state index in [0.29, 0.717) is 24.4 Å². The third-order valence-electron chi connectivity index (χ3n) is 5.36. The summed E-state index contributed by atoms with van der Waals surface area (Å²) in [5.41, 5.74) is 2.46. The van der Waals surface area contributed by atoms with E-state index >= 15 is 0 Å². The molecule has 1 unspecified atom stereocenters. The van der Waals surface area contributed by atoms with Gasteiger partial charge in [-0.25, -0.2) is 0 Å². The van der Waals surface area contributed by atoms with Crippen molar-refractivity contribution in [2.45, 2.75) is 19.4 Å². The molecule has 4 rings (SSSR count). The summed E-state index contributed by atoms with van der Waals surface area (Å²) in [4.78, 5) is 34.0. The number of carbonyl (C=O) groups excluding carboxylic acids is 2. The lowest BCUT2D eigenvalue weighted by Crippen LogP contribution is -2.40. The number of carbonyl (C=O) groups is 2. The molecule has 0 radical (unpaired) electrons. The Morgan fingerprint density at radius 3 is 2.61 bits per heavy atom. The Bertz CT molecular complexity index is 896. The molecule has 2 amide bonds. The zero-order valence-electron chi connectivity index (χ0n) is 15.6. The molecular weight excluding hydrogens is 354 g/mol. The highest BCUT2D eigenvalue weighted by Crippen LogP contribution is 2.34. The van der Waals surface area contributed by atoms with Crippen LogP contribution in [0.1, 0.15) is 24.0 Å². The number of aromatic nitrogens is 1. The van der Waals surface area contributed by atoms with E-state index in [2.05, 4.69) is 4.98 Å². The third-order valence-corrected chi connectivity index (χ3v) is 5.36. The summed E-state index contributed by atoms with van der Waals surface area (Å²) in [6.07, 6.45) is 5.16. The fraction of sp³-hybridized carbons (Fsp3) is 0.318. The lowest BCUT2D eigenvalue weighted by atomic mass is 9.97. The van der Waals surface area contributed by atoms with E-state index < -0.39 is 0 Å². The average molecular weight is 377 g/mol. The van der Waals surface area contributed by atoms with Gasteiger partial charge in [0.15, 0.2) is 0 Å². The first-order valence-corrected chi connectivity index (χ1v) is 9.59. The number of nitrogens with zero attached hydrogens (tertiary/aromatic N) is 3. The summed E-state index contributed by atoms with van der Waals surface area (Å²) in [6, 6.07) is 13.0. The highest BCUT2D eigenvalue weighted by molar-refractivity contribution is 6.35. The summed E-state index contributed by atoms with van der Waals surface area (Å²) < 4.78 is 0. The third kappa shape index (κ3) is 3.43. The predicted molar refractivity (Wildman–Crippen MR) is 105 cm³/mol. The summed E-state index contributed by atoms with van der Waals surface area (Å²) in [6.45, 7) is 1.58. The van der Waals surface area contributed by atoms with Gasteiger partial charge in [0.05, 0.1) is 12.1 Å². The maximum Gasteiger partial charge on any atom is 0.278 e. The SMILES string of the molecule is O=C1C(c2ccccc2)=C(N2CCCC(CO)C2)C(=O)N1Cc1cccnc1. The van der Waals surface area contributed by atoms with Gasteiger partial charge in [-0.3, -0.25) is 19.5 Å². The molecule has 2 aliphatic heterocycles. The van der Waals surface area contributed by atoms with Crippen molar-refractivity contribution < 1.29 is 14.7 Å². The van der Waals surface area contributed by atoms with Crippen molar-refractivity contribution in [1.82, 2.24) is 14.8 Å². The van der Waals surface area contributed by atoms with Gasteiger partial charge >= 0.3 is 0 Å². The fourth-order valence-corrected chi connectivity index (χ4v) is 3.96. The van der Waals surface area contributed by atoms with Crippen LogP contribution in [0.2, 0.25) is 0 Å². The fourth-order valence-electron chi connectivity index (χ4n) is 3.96. The van der Waals surface area contributed by atoms with Crippen molar-refractivity contribution >= 4 is 17.4 Å². The van der Waals surface area contributed by atoms with E-state index in [0.717, 1.165) is 24.0 Å². The lowest BCUT2D eigenvalue weighted by molar-refractivity contribution is -0.138. The molecule has 144 valence electrons. The molecule has 0 bridgehead atoms. The van der Waals surface area contributed by atoms with Crippen LogP contribution in [0.15, 0.2) is 60.6 Å². The van der Waals surface area contributed by atoms with Crippen LogP contribution < -0.4 is 0 Å². The second-order valence-electron chi connectivity index (χ2n) is 7.28. The van der Waals surface area contributed by atoms with E-state index in [1.165, 1.54) is 4.90 Å². The molecule has 3 heterocycles. The second-order valence-corrected chi connectivity index (χ2v) is 7.28. The number of hydrogen-bond donors (Lipinski definition) is 1. The number of rotatable bonds is 5. The standard InChI is InChI=1S/C22H23N3O3/c26-15-17-7-5-11-24(13-17)20-19(18-8-2-1-3-9-18)21(27)25(22(20)28)14-16-6-4-10-23-12-16/h1-4,6,8-10,12,17,26H,5,7,11,13-15H2. The highest BCUT2D eigenvalue weighted by atomic mass is 16.3. The number of likely N-dealkylation sites (tertiary alicyclic amines) is 1. The molecule has 0 aliphatic carbocycles. The van der Waals surface area contributed by atoms with Crippen molar-refractivity contribution in [1.29, 1.82) is 0 Å². The minimum Gasteiger partial charge on any atom is -0.396 e. The monoisotopic (exact) mass is 377 g/mol. The van der Waals surface area contributed by atoms with Gasteiger partial charge < -0.3 is 10.0 Å². The molecule has 0 saturated carbocycles. The number of hydrogen-bond acceptors (Lipinski definition) is 5. The van der Waals surface area contributed by atoms with Gasteiger partial charge in [-0.2, -0.15) is 0 Å². The molecule has 0 spiro atoms. The minimum absolute atomic E-state index is 0.0893. The Labute approximate surface area is 164 Å². The molecule has 1 saturated heterocycles. The van der Waals surface area contributed by atoms with Crippen LogP contribution in [0.4, 0.5) is 0 Å². The van der Waals surface area contributed by atoms with E-state index in [1.54, 1.807) is 18.5 Å². The number of benzene rings is 1. The quantitative estimate of drug-likeness (QED) is 0.808. The Kier molecular flexibility index (Phi) is 5.21. The lowest BCUT2D eigenvalue weighted by Gasteiger charge is -2.34. The highest BCUT2D eigenvalue weighted by Gasteiger charge is 2.42. The normalized spacial score (nSPS) is 20.2. The largest absolute Gasteiger partial charge is 0.396 e. The van der Waals surface area contributed by atoms with Crippen molar-refractivity contribution in [3.8, 4) is 0 Å². The number of piperidine rings is 1. The molecule has 1 fully saturated rings. The van der Waals surface area contributed by atoms with Crippen LogP contribution in [0.5, 0.6) is 0 Å². The maximum absolute atomic E-state index is 13.3. The molecule has 1 aromatic heterocycles. The Morgan fingerprint density at radius 1 is 1.07 bits per heavy atom. The van der Waals surface area contributed by atoms with Gasteiger partial charge in [0.2, 0.25) is 0 Å². The van der Waals surface area contributed by atoms with Crippen LogP contribution in [-0.2, 0) is 16.1 Å². The zero-order valence-corrected chi connectivity index (χ0v) is 15.6. The van der Waals surface area contributed by atoms with E-state index in [9.17, 15) is 14.7 Å². The van der Waals surface area contributed by atoms with Gasteiger partial charge in [-0.05, 0) is 36.0 Å². The predicted octanol–water partition coefficient (Wildman–Crippen LogP) is 2.07. The molecule has 1 N–H and O–H groups in total. The molecule has 6 heteroatoms. The van der Waals surface area contributed by atoms with E-state index in [1.807, 2.05) is 41.3 Å². The van der Waals surface area contributed by atoms with Crippen LogP contribution in [-0.4, -0.2) is 51.4 Å². The van der Waals surface area contributed by atoms with Crippen molar-refractivity contribution in [3.05, 3.63) is 71.7 Å². The van der Waals surface area contributed by atoms with Gasteiger partial charge in [-0.1, -0.05) is 36.4 Å². The molecule has 1 aromatic carbocycles. The van der Waals surface area contributed by atoms with Crippen molar-refractivity contribution in [3.63, 3.8) is 0 Å². The number of amides is 2. The number of aliphatic hydroxyl groups excluding tert-OH is 1. The van der Waals surface area contributed by atoms with Gasteiger partial charge in [0.25, 0.3) is 11.8 Å². The summed E-state index contributed by atoms with van der Waals surface area (Å²) in [5, 5.41) is 9.59. The molecular formula is C22H23N3O3.